The molecule has 1 fully saturated rings. The number of aliphatic hydroxyl groups is 1. The summed E-state index contributed by atoms with van der Waals surface area (Å²) in [5, 5.41) is 49.3. The van der Waals surface area contributed by atoms with E-state index < -0.39 is 17.3 Å². The molecule has 3 N–H and O–H groups in total. The average Bonchev–Trinajstić information content (AvgIpc) is 3.60. The number of rotatable bonds is 5. The molecule has 5 aromatic rings. The molecule has 3 aromatic heterocycles. The number of fused-ring (bicyclic) bond motifs is 7. The monoisotopic (exact) mass is 544 g/mol. The van der Waals surface area contributed by atoms with E-state index in [9.17, 15) is 20.6 Å². The van der Waals surface area contributed by atoms with Crippen molar-refractivity contribution in [1.29, 1.82) is 5.26 Å². The lowest BCUT2D eigenvalue weighted by Crippen LogP contribution is -2.33. The Balaban J connectivity index is 1.30. The molecule has 7 rings (SSSR count). The molecule has 0 radical (unpaired) electrons. The molecule has 2 aromatic carbocycles. The van der Waals surface area contributed by atoms with Gasteiger partial charge in [-0.3, -0.25) is 9.55 Å². The molecule has 39 heavy (non-hydrogen) atoms. The highest BCUT2D eigenvalue weighted by molar-refractivity contribution is 6.31. The lowest BCUT2D eigenvalue weighted by atomic mass is 9.76. The fourth-order valence-corrected chi connectivity index (χ4v) is 6.27. The summed E-state index contributed by atoms with van der Waals surface area (Å²) in [6.45, 7) is 1.81. The van der Waals surface area contributed by atoms with E-state index in [0.717, 1.165) is 0 Å². The predicted molar refractivity (Wildman–Crippen MR) is 139 cm³/mol. The zero-order valence-corrected chi connectivity index (χ0v) is 21.3. The van der Waals surface area contributed by atoms with Gasteiger partial charge in [-0.2, -0.15) is 5.26 Å². The summed E-state index contributed by atoms with van der Waals surface area (Å²) >= 11 is 6.11. The zero-order chi connectivity index (χ0) is 27.1. The molecule has 0 amide bonds. The van der Waals surface area contributed by atoms with Crippen molar-refractivity contribution in [2.75, 3.05) is 6.61 Å². The molecule has 11 heteroatoms. The zero-order valence-electron chi connectivity index (χ0n) is 20.6. The van der Waals surface area contributed by atoms with E-state index >= 15 is 0 Å². The third-order valence-corrected chi connectivity index (χ3v) is 8.13. The fourth-order valence-electron chi connectivity index (χ4n) is 6.10. The van der Waals surface area contributed by atoms with Crippen LogP contribution >= 0.6 is 11.6 Å². The van der Waals surface area contributed by atoms with Gasteiger partial charge in [-0.25, -0.2) is 0 Å². The molecule has 10 nitrogen and oxygen atoms in total. The van der Waals surface area contributed by atoms with Crippen LogP contribution in [0.1, 0.15) is 36.5 Å². The third kappa shape index (κ3) is 3.15. The molecular weight excluding hydrogens is 524 g/mol. The quantitative estimate of drug-likeness (QED) is 0.284. The van der Waals surface area contributed by atoms with Crippen molar-refractivity contribution in [3.63, 3.8) is 0 Å². The number of aromatic hydroxyl groups is 2. The first-order valence-corrected chi connectivity index (χ1v) is 12.7. The number of benzene rings is 2. The second-order valence-electron chi connectivity index (χ2n) is 10.0. The summed E-state index contributed by atoms with van der Waals surface area (Å²) in [7, 11) is 0. The van der Waals surface area contributed by atoms with Crippen LogP contribution in [0.25, 0.3) is 27.6 Å². The van der Waals surface area contributed by atoms with Crippen LogP contribution in [0.15, 0.2) is 53.2 Å². The Bertz CT molecular complexity index is 1860. The molecule has 196 valence electrons. The lowest BCUT2D eigenvalue weighted by molar-refractivity contribution is -0.107. The highest BCUT2D eigenvalue weighted by Crippen LogP contribution is 2.65. The Hall–Kier alpha value is -4.30. The summed E-state index contributed by atoms with van der Waals surface area (Å²) in [4.78, 5) is 4.33. The number of aromatic nitrogens is 3. The van der Waals surface area contributed by atoms with Crippen LogP contribution in [0.5, 0.6) is 17.6 Å². The van der Waals surface area contributed by atoms with Crippen LogP contribution in [0.4, 0.5) is 0 Å². The first kappa shape index (κ1) is 23.8. The van der Waals surface area contributed by atoms with E-state index in [1.165, 1.54) is 4.57 Å². The topological polar surface area (TPSA) is 147 Å². The number of nitriles is 1. The Morgan fingerprint density at radius 1 is 1.18 bits per heavy atom. The first-order valence-electron chi connectivity index (χ1n) is 12.3. The van der Waals surface area contributed by atoms with Gasteiger partial charge in [-0.1, -0.05) is 11.6 Å². The van der Waals surface area contributed by atoms with Gasteiger partial charge < -0.3 is 29.3 Å². The predicted octanol–water partition coefficient (Wildman–Crippen LogP) is 4.78. The summed E-state index contributed by atoms with van der Waals surface area (Å²) in [6, 6.07) is 13.9. The van der Waals surface area contributed by atoms with E-state index in [1.807, 2.05) is 0 Å². The van der Waals surface area contributed by atoms with Gasteiger partial charge in [0.1, 0.15) is 17.3 Å². The maximum Gasteiger partial charge on any atom is 0.262 e. The van der Waals surface area contributed by atoms with Gasteiger partial charge in [0, 0.05) is 29.4 Å². The fraction of sp³-hybridized carbons (Fsp3) is 0.250. The summed E-state index contributed by atoms with van der Waals surface area (Å²) in [6.07, 6.45) is 1.08. The largest absolute Gasteiger partial charge is 0.494 e. The number of ether oxygens (including phenoxy) is 2. The van der Waals surface area contributed by atoms with Gasteiger partial charge in [-0.15, -0.1) is 0 Å². The van der Waals surface area contributed by atoms with E-state index in [1.54, 1.807) is 55.6 Å². The maximum absolute atomic E-state index is 11.6. The Morgan fingerprint density at radius 2 is 2.00 bits per heavy atom. The summed E-state index contributed by atoms with van der Waals surface area (Å²) in [5.41, 5.74) is 0.110. The number of halogens is 1. The molecule has 0 aliphatic carbocycles. The molecule has 2 bridgehead atoms. The van der Waals surface area contributed by atoms with E-state index in [2.05, 4.69) is 16.2 Å². The number of hydrogen-bond donors (Lipinski definition) is 3. The van der Waals surface area contributed by atoms with Crippen LogP contribution in [0.2, 0.25) is 5.02 Å². The molecule has 2 aliphatic heterocycles. The SMILES string of the molecule is C[C@@]12O[C@@](CCOc3noc4ccc(Cl)cc34)(C[C@H]1O)c1c2c(O)n(-c2ccc(C#N)c3ncccc23)c1O. The summed E-state index contributed by atoms with van der Waals surface area (Å²) < 4.78 is 18.9. The summed E-state index contributed by atoms with van der Waals surface area (Å²) in [5.74, 6) is -0.199. The van der Waals surface area contributed by atoms with Crippen molar-refractivity contribution in [2.24, 2.45) is 0 Å². The molecule has 3 atom stereocenters. The van der Waals surface area contributed by atoms with Crippen molar-refractivity contribution >= 4 is 33.5 Å². The van der Waals surface area contributed by atoms with Crippen LogP contribution in [-0.2, 0) is 15.9 Å². The van der Waals surface area contributed by atoms with Gasteiger partial charge in [-0.05, 0) is 54.5 Å². The lowest BCUT2D eigenvalue weighted by Gasteiger charge is -2.26. The van der Waals surface area contributed by atoms with Crippen LogP contribution < -0.4 is 4.74 Å². The highest BCUT2D eigenvalue weighted by Gasteiger charge is 2.66. The maximum atomic E-state index is 11.6. The van der Waals surface area contributed by atoms with Crippen molar-refractivity contribution in [3.05, 3.63) is 70.4 Å². The average molecular weight is 545 g/mol. The minimum atomic E-state index is -1.25. The number of nitrogens with zero attached hydrogens (tertiary/aromatic N) is 4. The molecule has 0 unspecified atom stereocenters. The number of pyridine rings is 1. The molecule has 0 saturated carbocycles. The van der Waals surface area contributed by atoms with Gasteiger partial charge in [0.25, 0.3) is 5.88 Å². The van der Waals surface area contributed by atoms with E-state index in [0.29, 0.717) is 49.3 Å². The molecule has 2 aliphatic rings. The van der Waals surface area contributed by atoms with E-state index in [4.69, 9.17) is 25.6 Å². The Labute approximate surface area is 226 Å². The van der Waals surface area contributed by atoms with Crippen LogP contribution in [-0.4, -0.2) is 42.7 Å². The number of aliphatic hydroxyl groups excluding tert-OH is 1. The van der Waals surface area contributed by atoms with Crippen LogP contribution in [0.3, 0.4) is 0 Å². The Kier molecular flexibility index (Phi) is 4.94. The van der Waals surface area contributed by atoms with E-state index in [-0.39, 0.29) is 37.1 Å². The standard InChI is InChI=1S/C28H21ClN4O6/c1-27-20(34)12-28(39-27,8-10-37-24-17-11-15(29)5-7-19(17)38-32-24)22-21(27)25(35)33(26(22)36)18-6-4-14(13-30)23-16(18)3-2-9-31-23/h2-7,9,11,20,34-36H,8,10,12H2,1H3/t20-,27-,28+/m1/s1. The first-order chi connectivity index (χ1) is 18.8. The Morgan fingerprint density at radius 3 is 2.82 bits per heavy atom. The van der Waals surface area contributed by atoms with Crippen LogP contribution in [0, 0.1) is 11.3 Å². The van der Waals surface area contributed by atoms with Gasteiger partial charge in [0.2, 0.25) is 11.8 Å². The normalized spacial score (nSPS) is 23.4. The molecular formula is C28H21ClN4O6. The minimum Gasteiger partial charge on any atom is -0.494 e. The minimum absolute atomic E-state index is 0.117. The van der Waals surface area contributed by atoms with Gasteiger partial charge in [0.15, 0.2) is 5.58 Å². The van der Waals surface area contributed by atoms with Crippen molar-refractivity contribution in [2.45, 2.75) is 37.1 Å². The number of hydrogen-bond acceptors (Lipinski definition) is 9. The molecule has 0 spiro atoms. The second-order valence-corrected chi connectivity index (χ2v) is 10.5. The second kappa shape index (κ2) is 8.10. The highest BCUT2D eigenvalue weighted by atomic mass is 35.5. The molecule has 1 saturated heterocycles. The van der Waals surface area contributed by atoms with Gasteiger partial charge in [0.05, 0.1) is 46.0 Å². The van der Waals surface area contributed by atoms with Crippen molar-refractivity contribution in [1.82, 2.24) is 14.7 Å². The molecule has 5 heterocycles. The smallest absolute Gasteiger partial charge is 0.262 e. The van der Waals surface area contributed by atoms with Crippen molar-refractivity contribution < 1.29 is 29.3 Å². The van der Waals surface area contributed by atoms with Gasteiger partial charge >= 0.3 is 0 Å². The van der Waals surface area contributed by atoms with Crippen molar-refractivity contribution in [3.8, 4) is 29.4 Å². The third-order valence-electron chi connectivity index (χ3n) is 7.89.